The second kappa shape index (κ2) is 5.21. The van der Waals surface area contributed by atoms with Gasteiger partial charge >= 0.3 is 5.97 Å². The molecule has 2 rings (SSSR count). The summed E-state index contributed by atoms with van der Waals surface area (Å²) in [6.07, 6.45) is 0.509. The Bertz CT molecular complexity index is 434. The molecule has 0 radical (unpaired) electrons. The zero-order chi connectivity index (χ0) is 12.1. The van der Waals surface area contributed by atoms with Crippen LogP contribution in [0.4, 0.5) is 0 Å². The number of Topliss-reactive ketones (excluding diaryl/α,β-unsaturated/α-hetero) is 2. The zero-order valence-electron chi connectivity index (χ0n) is 8.90. The minimum absolute atomic E-state index is 0.222. The van der Waals surface area contributed by atoms with E-state index >= 15 is 0 Å². The Morgan fingerprint density at radius 3 is 2.38 bits per heavy atom. The zero-order valence-corrected chi connectivity index (χ0v) is 8.90. The van der Waals surface area contributed by atoms with Gasteiger partial charge in [-0.1, -0.05) is 31.2 Å². The predicted octanol–water partition coefficient (Wildman–Crippen LogP) is 1.48. The summed E-state index contributed by atoms with van der Waals surface area (Å²) in [7, 11) is 0. The molecule has 4 heteroatoms. The van der Waals surface area contributed by atoms with E-state index in [-0.39, 0.29) is 24.4 Å². The maximum atomic E-state index is 11.0. The van der Waals surface area contributed by atoms with Crippen molar-refractivity contribution < 1.29 is 19.5 Å². The molecule has 84 valence electrons. The fourth-order valence-corrected chi connectivity index (χ4v) is 1.30. The average molecular weight is 220 g/mol. The summed E-state index contributed by atoms with van der Waals surface area (Å²) in [4.78, 5) is 31.3. The van der Waals surface area contributed by atoms with Crippen LogP contribution in [0.5, 0.6) is 0 Å². The van der Waals surface area contributed by atoms with E-state index in [4.69, 9.17) is 5.11 Å². The number of rotatable bonds is 1. The van der Waals surface area contributed by atoms with E-state index in [9.17, 15) is 14.4 Å². The van der Waals surface area contributed by atoms with Crippen LogP contribution in [-0.4, -0.2) is 22.6 Å². The van der Waals surface area contributed by atoms with E-state index in [1.807, 2.05) is 12.1 Å². The lowest BCUT2D eigenvalue weighted by atomic mass is 10.1. The Kier molecular flexibility index (Phi) is 3.94. The highest BCUT2D eigenvalue weighted by Gasteiger charge is 2.26. The van der Waals surface area contributed by atoms with Crippen LogP contribution in [0.15, 0.2) is 24.3 Å². The van der Waals surface area contributed by atoms with Crippen molar-refractivity contribution in [3.05, 3.63) is 35.4 Å². The van der Waals surface area contributed by atoms with Gasteiger partial charge in [0.1, 0.15) is 0 Å². The number of carbonyl (C=O) groups is 3. The molecule has 1 N–H and O–H groups in total. The fraction of sp³-hybridized carbons (Fsp3) is 0.250. The van der Waals surface area contributed by atoms with Crippen LogP contribution in [0.25, 0.3) is 0 Å². The van der Waals surface area contributed by atoms with Crippen LogP contribution in [0.2, 0.25) is 0 Å². The van der Waals surface area contributed by atoms with Crippen molar-refractivity contribution in [1.29, 1.82) is 0 Å². The molecule has 0 saturated heterocycles. The van der Waals surface area contributed by atoms with Crippen LogP contribution in [-0.2, 0) is 16.0 Å². The van der Waals surface area contributed by atoms with Crippen molar-refractivity contribution in [2.45, 2.75) is 19.8 Å². The highest BCUT2D eigenvalue weighted by Crippen LogP contribution is 2.18. The van der Waals surface area contributed by atoms with E-state index in [0.29, 0.717) is 5.56 Å². The maximum absolute atomic E-state index is 11.0. The SMILES string of the molecule is CCC(=O)O.O=C1Cc2ccccc2C1=O. The molecule has 1 aromatic carbocycles. The van der Waals surface area contributed by atoms with Crippen molar-refractivity contribution in [2.75, 3.05) is 0 Å². The van der Waals surface area contributed by atoms with Gasteiger partial charge in [-0.3, -0.25) is 14.4 Å². The summed E-state index contributed by atoms with van der Waals surface area (Å²) < 4.78 is 0. The third kappa shape index (κ3) is 2.76. The van der Waals surface area contributed by atoms with Crippen LogP contribution in [0.1, 0.15) is 29.3 Å². The number of carboxylic acid groups (broad SMARTS) is 1. The number of carbonyl (C=O) groups excluding carboxylic acids is 2. The molecule has 0 aromatic heterocycles. The first-order valence-corrected chi connectivity index (χ1v) is 4.93. The third-order valence-electron chi connectivity index (χ3n) is 2.17. The molecule has 0 saturated carbocycles. The molecule has 0 amide bonds. The number of fused-ring (bicyclic) bond motifs is 1. The first-order valence-electron chi connectivity index (χ1n) is 4.93. The molecule has 0 aliphatic heterocycles. The van der Waals surface area contributed by atoms with Crippen LogP contribution in [0, 0.1) is 0 Å². The molecule has 4 nitrogen and oxygen atoms in total. The van der Waals surface area contributed by atoms with Gasteiger partial charge in [0.25, 0.3) is 0 Å². The molecule has 1 aliphatic carbocycles. The van der Waals surface area contributed by atoms with Gasteiger partial charge in [0.05, 0.1) is 0 Å². The Balaban J connectivity index is 0.000000221. The Morgan fingerprint density at radius 2 is 1.88 bits per heavy atom. The Morgan fingerprint density at radius 1 is 1.31 bits per heavy atom. The fourth-order valence-electron chi connectivity index (χ4n) is 1.30. The summed E-state index contributed by atoms with van der Waals surface area (Å²) in [6, 6.07) is 7.13. The third-order valence-corrected chi connectivity index (χ3v) is 2.17. The second-order valence-electron chi connectivity index (χ2n) is 3.33. The van der Waals surface area contributed by atoms with Crippen LogP contribution < -0.4 is 0 Å². The lowest BCUT2D eigenvalue weighted by Gasteiger charge is -1.90. The second-order valence-corrected chi connectivity index (χ2v) is 3.33. The molecular formula is C12H12O4. The van der Waals surface area contributed by atoms with Crippen molar-refractivity contribution >= 4 is 17.5 Å². The maximum Gasteiger partial charge on any atom is 0.303 e. The van der Waals surface area contributed by atoms with Crippen molar-refractivity contribution in [3.63, 3.8) is 0 Å². The molecule has 0 bridgehead atoms. The highest BCUT2D eigenvalue weighted by molar-refractivity contribution is 6.47. The van der Waals surface area contributed by atoms with Gasteiger partial charge in [0, 0.05) is 18.4 Å². The summed E-state index contributed by atoms with van der Waals surface area (Å²) >= 11 is 0. The van der Waals surface area contributed by atoms with Gasteiger partial charge in [0.15, 0.2) is 0 Å². The summed E-state index contributed by atoms with van der Waals surface area (Å²) in [5, 5.41) is 7.72. The van der Waals surface area contributed by atoms with E-state index in [1.165, 1.54) is 0 Å². The molecule has 0 heterocycles. The Labute approximate surface area is 92.9 Å². The first kappa shape index (κ1) is 12.1. The standard InChI is InChI=1S/C9H6O2.C3H6O2/c10-8-5-6-3-1-2-4-7(6)9(8)11;1-2-3(4)5/h1-4H,5H2;2H2,1H3,(H,4,5). The van der Waals surface area contributed by atoms with Crippen LogP contribution in [0.3, 0.4) is 0 Å². The van der Waals surface area contributed by atoms with Crippen molar-refractivity contribution in [2.24, 2.45) is 0 Å². The van der Waals surface area contributed by atoms with Gasteiger partial charge in [-0.25, -0.2) is 0 Å². The van der Waals surface area contributed by atoms with E-state index in [1.54, 1.807) is 19.1 Å². The van der Waals surface area contributed by atoms with E-state index in [0.717, 1.165) is 5.56 Å². The number of hydrogen-bond donors (Lipinski definition) is 1. The van der Waals surface area contributed by atoms with Gasteiger partial charge < -0.3 is 5.11 Å². The minimum atomic E-state index is -0.745. The topological polar surface area (TPSA) is 71.4 Å². The largest absolute Gasteiger partial charge is 0.481 e. The monoisotopic (exact) mass is 220 g/mol. The number of carboxylic acids is 1. The van der Waals surface area contributed by atoms with E-state index < -0.39 is 5.97 Å². The van der Waals surface area contributed by atoms with Gasteiger partial charge in [-0.05, 0) is 5.56 Å². The number of ketones is 2. The molecule has 16 heavy (non-hydrogen) atoms. The predicted molar refractivity (Wildman–Crippen MR) is 57.4 cm³/mol. The number of benzene rings is 1. The van der Waals surface area contributed by atoms with Crippen molar-refractivity contribution in [1.82, 2.24) is 0 Å². The molecular weight excluding hydrogens is 208 g/mol. The number of hydrogen-bond acceptors (Lipinski definition) is 3. The van der Waals surface area contributed by atoms with Gasteiger partial charge in [-0.2, -0.15) is 0 Å². The van der Waals surface area contributed by atoms with Crippen LogP contribution >= 0.6 is 0 Å². The quantitative estimate of drug-likeness (QED) is 0.727. The normalized spacial score (nSPS) is 12.8. The van der Waals surface area contributed by atoms with Gasteiger partial charge in [-0.15, -0.1) is 0 Å². The summed E-state index contributed by atoms with van der Waals surface area (Å²) in [5.74, 6) is -1.36. The molecule has 0 unspecified atom stereocenters. The first-order chi connectivity index (χ1) is 7.56. The summed E-state index contributed by atoms with van der Waals surface area (Å²) in [5.41, 5.74) is 1.44. The molecule has 1 aliphatic rings. The Hall–Kier alpha value is -1.97. The molecule has 0 atom stereocenters. The van der Waals surface area contributed by atoms with E-state index in [2.05, 4.69) is 0 Å². The lowest BCUT2D eigenvalue weighted by molar-refractivity contribution is -0.136. The molecule has 0 fully saturated rings. The number of aliphatic carboxylic acids is 1. The molecule has 1 aromatic rings. The minimum Gasteiger partial charge on any atom is -0.481 e. The van der Waals surface area contributed by atoms with Crippen molar-refractivity contribution in [3.8, 4) is 0 Å². The smallest absolute Gasteiger partial charge is 0.303 e. The molecule has 0 spiro atoms. The highest BCUT2D eigenvalue weighted by atomic mass is 16.4. The summed E-state index contributed by atoms with van der Waals surface area (Å²) in [6.45, 7) is 1.60. The lowest BCUT2D eigenvalue weighted by Crippen LogP contribution is -2.05. The average Bonchev–Trinajstić information content (AvgIpc) is 2.56. The van der Waals surface area contributed by atoms with Gasteiger partial charge in [0.2, 0.25) is 11.6 Å².